The van der Waals surface area contributed by atoms with Crippen molar-refractivity contribution in [2.75, 3.05) is 0 Å². The maximum Gasteiger partial charge on any atom is 0.255 e. The lowest BCUT2D eigenvalue weighted by atomic mass is 10.2. The van der Waals surface area contributed by atoms with Gasteiger partial charge in [-0.15, -0.1) is 11.3 Å². The smallest absolute Gasteiger partial charge is 0.255 e. The summed E-state index contributed by atoms with van der Waals surface area (Å²) in [5, 5.41) is 3.41. The van der Waals surface area contributed by atoms with E-state index >= 15 is 0 Å². The van der Waals surface area contributed by atoms with Crippen LogP contribution in [0.15, 0.2) is 16.2 Å². The summed E-state index contributed by atoms with van der Waals surface area (Å²) < 4.78 is 1.71. The molecular formula is C14H16ClN3OS. The first-order valence-electron chi connectivity index (χ1n) is 6.76. The molecule has 0 saturated heterocycles. The van der Waals surface area contributed by atoms with Crippen LogP contribution in [0.4, 0.5) is 0 Å². The van der Waals surface area contributed by atoms with E-state index in [0.717, 1.165) is 29.4 Å². The summed E-state index contributed by atoms with van der Waals surface area (Å²) in [6.07, 6.45) is 2.17. The van der Waals surface area contributed by atoms with E-state index in [0.29, 0.717) is 18.4 Å². The highest BCUT2D eigenvalue weighted by atomic mass is 35.5. The van der Waals surface area contributed by atoms with Crippen LogP contribution in [-0.4, -0.2) is 14.5 Å². The molecule has 1 aliphatic carbocycles. The maximum atomic E-state index is 12.2. The van der Waals surface area contributed by atoms with E-state index in [9.17, 15) is 4.79 Å². The van der Waals surface area contributed by atoms with E-state index < -0.39 is 0 Å². The van der Waals surface area contributed by atoms with Crippen LogP contribution >= 0.6 is 22.9 Å². The molecule has 4 nitrogen and oxygen atoms in total. The minimum absolute atomic E-state index is 0.0917. The molecular weight excluding hydrogens is 294 g/mol. The monoisotopic (exact) mass is 309 g/mol. The first-order valence-corrected chi connectivity index (χ1v) is 8.02. The normalized spacial score (nSPS) is 15.0. The lowest BCUT2D eigenvalue weighted by molar-refractivity contribution is 0.657. The van der Waals surface area contributed by atoms with Gasteiger partial charge in [0.2, 0.25) is 0 Å². The van der Waals surface area contributed by atoms with E-state index in [2.05, 4.69) is 23.8 Å². The van der Waals surface area contributed by atoms with Crippen LogP contribution in [-0.2, 0) is 6.54 Å². The van der Waals surface area contributed by atoms with Gasteiger partial charge in [-0.2, -0.15) is 0 Å². The summed E-state index contributed by atoms with van der Waals surface area (Å²) in [6.45, 7) is 4.72. The SMILES string of the molecule is CC(C)c1nc(Cn2c(C3CC3)nc(Cl)cc2=O)cs1. The van der Waals surface area contributed by atoms with Gasteiger partial charge in [0.1, 0.15) is 11.0 Å². The second-order valence-electron chi connectivity index (χ2n) is 5.47. The number of hydrogen-bond acceptors (Lipinski definition) is 4. The minimum atomic E-state index is -0.0917. The molecule has 2 aromatic heterocycles. The van der Waals surface area contributed by atoms with Crippen molar-refractivity contribution in [3.8, 4) is 0 Å². The maximum absolute atomic E-state index is 12.2. The van der Waals surface area contributed by atoms with Gasteiger partial charge in [0.05, 0.1) is 17.2 Å². The molecule has 3 rings (SSSR count). The van der Waals surface area contributed by atoms with Crippen molar-refractivity contribution in [3.63, 3.8) is 0 Å². The van der Waals surface area contributed by atoms with E-state index in [1.165, 1.54) is 6.07 Å². The third kappa shape index (κ3) is 2.79. The molecule has 0 aromatic carbocycles. The van der Waals surface area contributed by atoms with E-state index in [-0.39, 0.29) is 10.7 Å². The molecule has 0 bridgehead atoms. The van der Waals surface area contributed by atoms with Gasteiger partial charge in [-0.1, -0.05) is 25.4 Å². The van der Waals surface area contributed by atoms with Crippen molar-refractivity contribution in [1.29, 1.82) is 0 Å². The van der Waals surface area contributed by atoms with Crippen LogP contribution < -0.4 is 5.56 Å². The average molecular weight is 310 g/mol. The van der Waals surface area contributed by atoms with Crippen molar-refractivity contribution in [3.05, 3.63) is 43.5 Å². The molecule has 0 unspecified atom stereocenters. The van der Waals surface area contributed by atoms with Crippen LogP contribution in [0.1, 0.15) is 55.1 Å². The highest BCUT2D eigenvalue weighted by molar-refractivity contribution is 7.09. The minimum Gasteiger partial charge on any atom is -0.290 e. The van der Waals surface area contributed by atoms with Gasteiger partial charge in [-0.3, -0.25) is 9.36 Å². The quantitative estimate of drug-likeness (QED) is 0.813. The Hall–Kier alpha value is -1.20. The van der Waals surface area contributed by atoms with Gasteiger partial charge >= 0.3 is 0 Å². The third-order valence-electron chi connectivity index (χ3n) is 3.33. The Morgan fingerprint density at radius 2 is 2.20 bits per heavy atom. The summed E-state index contributed by atoms with van der Waals surface area (Å²) in [5.41, 5.74) is 0.831. The Labute approximate surface area is 126 Å². The highest BCUT2D eigenvalue weighted by Crippen LogP contribution is 2.39. The third-order valence-corrected chi connectivity index (χ3v) is 4.72. The van der Waals surface area contributed by atoms with E-state index in [1.54, 1.807) is 15.9 Å². The van der Waals surface area contributed by atoms with Crippen LogP contribution in [0.5, 0.6) is 0 Å². The predicted octanol–water partition coefficient (Wildman–Crippen LogP) is 3.40. The molecule has 106 valence electrons. The number of nitrogens with zero attached hydrogens (tertiary/aromatic N) is 3. The predicted molar refractivity (Wildman–Crippen MR) is 80.8 cm³/mol. The van der Waals surface area contributed by atoms with Crippen molar-refractivity contribution in [2.24, 2.45) is 0 Å². The van der Waals surface area contributed by atoms with Gasteiger partial charge in [-0.25, -0.2) is 9.97 Å². The highest BCUT2D eigenvalue weighted by Gasteiger charge is 2.29. The first kappa shape index (κ1) is 13.8. The molecule has 6 heteroatoms. The summed E-state index contributed by atoms with van der Waals surface area (Å²) in [5.74, 6) is 1.60. The summed E-state index contributed by atoms with van der Waals surface area (Å²) in [6, 6.07) is 1.38. The van der Waals surface area contributed by atoms with Crippen molar-refractivity contribution >= 4 is 22.9 Å². The van der Waals surface area contributed by atoms with Gasteiger partial charge in [0.15, 0.2) is 0 Å². The first-order chi connectivity index (χ1) is 9.54. The summed E-state index contributed by atoms with van der Waals surface area (Å²) in [7, 11) is 0. The topological polar surface area (TPSA) is 47.8 Å². The number of thiazole rings is 1. The Balaban J connectivity index is 1.95. The van der Waals surface area contributed by atoms with Crippen LogP contribution in [0.2, 0.25) is 5.15 Å². The van der Waals surface area contributed by atoms with Crippen molar-refractivity contribution in [1.82, 2.24) is 14.5 Å². The molecule has 2 heterocycles. The van der Waals surface area contributed by atoms with E-state index in [4.69, 9.17) is 11.6 Å². The number of hydrogen-bond donors (Lipinski definition) is 0. The Bertz CT molecular complexity index is 688. The molecule has 20 heavy (non-hydrogen) atoms. The molecule has 0 N–H and O–H groups in total. The molecule has 0 aliphatic heterocycles. The van der Waals surface area contributed by atoms with Gasteiger partial charge in [0.25, 0.3) is 5.56 Å². The molecule has 0 spiro atoms. The second kappa shape index (κ2) is 5.30. The second-order valence-corrected chi connectivity index (χ2v) is 6.74. The average Bonchev–Trinajstić information content (AvgIpc) is 3.11. The van der Waals surface area contributed by atoms with Crippen LogP contribution in [0.3, 0.4) is 0 Å². The lowest BCUT2D eigenvalue weighted by Gasteiger charge is -2.10. The number of halogens is 1. The van der Waals surface area contributed by atoms with Gasteiger partial charge < -0.3 is 0 Å². The molecule has 0 atom stereocenters. The Morgan fingerprint density at radius 1 is 1.45 bits per heavy atom. The van der Waals surface area contributed by atoms with Gasteiger partial charge in [0, 0.05) is 23.3 Å². The lowest BCUT2D eigenvalue weighted by Crippen LogP contribution is -2.25. The summed E-state index contributed by atoms with van der Waals surface area (Å²) >= 11 is 7.55. The zero-order valence-electron chi connectivity index (χ0n) is 11.5. The fraction of sp³-hybridized carbons (Fsp3) is 0.500. The standard InChI is InChI=1S/C14H16ClN3OS/c1-8(2)14-16-10(7-20-14)6-18-12(19)5-11(15)17-13(18)9-3-4-9/h5,7-9H,3-4,6H2,1-2H3. The molecule has 0 radical (unpaired) electrons. The number of rotatable bonds is 4. The van der Waals surface area contributed by atoms with Crippen LogP contribution in [0.25, 0.3) is 0 Å². The fourth-order valence-electron chi connectivity index (χ4n) is 2.13. The van der Waals surface area contributed by atoms with E-state index in [1.807, 2.05) is 5.38 Å². The zero-order chi connectivity index (χ0) is 14.3. The molecule has 0 amide bonds. The fourth-order valence-corrected chi connectivity index (χ4v) is 3.14. The van der Waals surface area contributed by atoms with Crippen LogP contribution in [0, 0.1) is 0 Å². The number of aromatic nitrogens is 3. The van der Waals surface area contributed by atoms with Crippen molar-refractivity contribution < 1.29 is 0 Å². The molecule has 2 aromatic rings. The van der Waals surface area contributed by atoms with Gasteiger partial charge in [-0.05, 0) is 12.8 Å². The molecule has 1 aliphatic rings. The Morgan fingerprint density at radius 3 is 2.80 bits per heavy atom. The Kier molecular flexibility index (Phi) is 3.65. The summed E-state index contributed by atoms with van der Waals surface area (Å²) in [4.78, 5) is 21.1. The van der Waals surface area contributed by atoms with Crippen molar-refractivity contribution in [2.45, 2.75) is 45.1 Å². The zero-order valence-corrected chi connectivity index (χ0v) is 13.0. The molecule has 1 saturated carbocycles. The largest absolute Gasteiger partial charge is 0.290 e. The molecule has 1 fully saturated rings.